The number of anilines is 1. The van der Waals surface area contributed by atoms with Crippen LogP contribution in [0.25, 0.3) is 0 Å². The lowest BCUT2D eigenvalue weighted by atomic mass is 9.98. The molecule has 3 rings (SSSR count). The number of sulfonamides is 1. The third-order valence-electron chi connectivity index (χ3n) is 5.71. The van der Waals surface area contributed by atoms with Crippen molar-refractivity contribution in [1.29, 1.82) is 0 Å². The quantitative estimate of drug-likeness (QED) is 0.516. The van der Waals surface area contributed by atoms with Crippen LogP contribution >= 0.6 is 0 Å². The number of carbonyl (C=O) groups is 2. The Morgan fingerprint density at radius 1 is 1.06 bits per heavy atom. The largest absolute Gasteiger partial charge is 0.494 e. The highest BCUT2D eigenvalue weighted by molar-refractivity contribution is 7.89. The van der Waals surface area contributed by atoms with Gasteiger partial charge in [-0.05, 0) is 44.0 Å². The van der Waals surface area contributed by atoms with Crippen molar-refractivity contribution < 1.29 is 37.0 Å². The highest BCUT2D eigenvalue weighted by atomic mass is 32.2. The van der Waals surface area contributed by atoms with E-state index in [1.807, 2.05) is 6.92 Å². The molecule has 1 saturated heterocycles. The van der Waals surface area contributed by atoms with E-state index in [1.165, 1.54) is 49.9 Å². The van der Waals surface area contributed by atoms with Crippen LogP contribution in [0.3, 0.4) is 0 Å². The molecule has 1 N–H and O–H groups in total. The summed E-state index contributed by atoms with van der Waals surface area (Å²) >= 11 is 0. The number of hydrogen-bond donors (Lipinski definition) is 1. The lowest BCUT2D eigenvalue weighted by Gasteiger charge is -2.31. The normalized spacial score (nSPS) is 16.3. The van der Waals surface area contributed by atoms with Crippen molar-refractivity contribution in [1.82, 2.24) is 4.31 Å². The number of benzene rings is 2. The van der Waals surface area contributed by atoms with E-state index < -0.39 is 27.8 Å². The van der Waals surface area contributed by atoms with E-state index in [4.69, 9.17) is 18.9 Å². The van der Waals surface area contributed by atoms with Gasteiger partial charge in [-0.2, -0.15) is 4.31 Å². The van der Waals surface area contributed by atoms with E-state index in [9.17, 15) is 18.0 Å². The average Bonchev–Trinajstić information content (AvgIpc) is 2.88. The smallest absolute Gasteiger partial charge is 0.340 e. The molecule has 0 bridgehead atoms. The maximum Gasteiger partial charge on any atom is 0.340 e. The van der Waals surface area contributed by atoms with Crippen LogP contribution in [-0.2, 0) is 19.6 Å². The first-order chi connectivity index (χ1) is 16.7. The maximum absolute atomic E-state index is 13.2. The van der Waals surface area contributed by atoms with Gasteiger partial charge >= 0.3 is 5.97 Å². The number of rotatable bonds is 9. The van der Waals surface area contributed by atoms with E-state index in [1.54, 1.807) is 12.1 Å². The number of nitrogens with zero attached hydrogens (tertiary/aromatic N) is 1. The standard InChI is InChI=1S/C24H30N2O8S/c1-5-34-17-8-10-18(11-9-17)35(29,30)26-12-6-7-16(15-26)23(27)25-20-14-22(32-3)21(31-2)13-19(20)24(28)33-4/h8-11,13-14,16H,5-7,12,15H2,1-4H3,(H,25,27)/t16-/m0/s1. The van der Waals surface area contributed by atoms with Gasteiger partial charge in [0.25, 0.3) is 0 Å². The van der Waals surface area contributed by atoms with Gasteiger partial charge in [0.15, 0.2) is 11.5 Å². The number of piperidine rings is 1. The highest BCUT2D eigenvalue weighted by Gasteiger charge is 2.34. The Morgan fingerprint density at radius 2 is 1.71 bits per heavy atom. The highest BCUT2D eigenvalue weighted by Crippen LogP contribution is 2.34. The van der Waals surface area contributed by atoms with Crippen molar-refractivity contribution in [3.63, 3.8) is 0 Å². The minimum Gasteiger partial charge on any atom is -0.494 e. The van der Waals surface area contributed by atoms with Gasteiger partial charge in [-0.1, -0.05) is 0 Å². The van der Waals surface area contributed by atoms with Gasteiger partial charge in [-0.15, -0.1) is 0 Å². The molecule has 1 aliphatic heterocycles. The molecule has 0 radical (unpaired) electrons. The summed E-state index contributed by atoms with van der Waals surface area (Å²) in [5.74, 6) is -0.480. The van der Waals surface area contributed by atoms with Crippen molar-refractivity contribution in [3.8, 4) is 17.2 Å². The number of carbonyl (C=O) groups excluding carboxylic acids is 2. The minimum atomic E-state index is -3.79. The van der Waals surface area contributed by atoms with Crippen LogP contribution in [-0.4, -0.2) is 65.6 Å². The molecular weight excluding hydrogens is 476 g/mol. The zero-order valence-electron chi connectivity index (χ0n) is 20.2. The monoisotopic (exact) mass is 506 g/mol. The van der Waals surface area contributed by atoms with E-state index in [0.29, 0.717) is 43.2 Å². The SMILES string of the molecule is CCOc1ccc(S(=O)(=O)N2CCC[C@H](C(=O)Nc3cc(OC)c(OC)cc3C(=O)OC)C2)cc1. The first-order valence-corrected chi connectivity index (χ1v) is 12.6. The summed E-state index contributed by atoms with van der Waals surface area (Å²) in [5.41, 5.74) is 0.277. The Kier molecular flexibility index (Phi) is 8.57. The molecule has 0 aliphatic carbocycles. The summed E-state index contributed by atoms with van der Waals surface area (Å²) in [4.78, 5) is 25.6. The van der Waals surface area contributed by atoms with E-state index in [-0.39, 0.29) is 22.7 Å². The van der Waals surface area contributed by atoms with Gasteiger partial charge in [0.2, 0.25) is 15.9 Å². The maximum atomic E-state index is 13.2. The third-order valence-corrected chi connectivity index (χ3v) is 7.59. The Hall–Kier alpha value is -3.31. The summed E-state index contributed by atoms with van der Waals surface area (Å²) in [6, 6.07) is 9.10. The number of nitrogens with one attached hydrogen (secondary N) is 1. The van der Waals surface area contributed by atoms with E-state index in [0.717, 1.165) is 0 Å². The summed E-state index contributed by atoms with van der Waals surface area (Å²) in [7, 11) is 0.306. The van der Waals surface area contributed by atoms with Crippen LogP contribution in [0.15, 0.2) is 41.3 Å². The topological polar surface area (TPSA) is 120 Å². The molecule has 0 saturated carbocycles. The van der Waals surface area contributed by atoms with Gasteiger partial charge < -0.3 is 24.3 Å². The van der Waals surface area contributed by atoms with Gasteiger partial charge in [0.1, 0.15) is 5.75 Å². The van der Waals surface area contributed by atoms with Crippen LogP contribution in [0.2, 0.25) is 0 Å². The first-order valence-electron chi connectivity index (χ1n) is 11.1. The molecule has 1 atom stereocenters. The number of ether oxygens (including phenoxy) is 4. The van der Waals surface area contributed by atoms with Crippen LogP contribution in [0.4, 0.5) is 5.69 Å². The number of methoxy groups -OCH3 is 3. The van der Waals surface area contributed by atoms with E-state index in [2.05, 4.69) is 5.32 Å². The fraction of sp³-hybridized carbons (Fsp3) is 0.417. The van der Waals surface area contributed by atoms with Crippen LogP contribution < -0.4 is 19.5 Å². The van der Waals surface area contributed by atoms with E-state index >= 15 is 0 Å². The Morgan fingerprint density at radius 3 is 2.31 bits per heavy atom. The molecule has 190 valence electrons. The van der Waals surface area contributed by atoms with Gasteiger partial charge in [0.05, 0.1) is 50.0 Å². The molecule has 2 aromatic rings. The molecule has 0 aromatic heterocycles. The Labute approximate surface area is 205 Å². The van der Waals surface area contributed by atoms with Crippen LogP contribution in [0, 0.1) is 5.92 Å². The summed E-state index contributed by atoms with van der Waals surface area (Å²) < 4.78 is 48.4. The van der Waals surface area contributed by atoms with Crippen molar-refractivity contribution in [2.75, 3.05) is 46.3 Å². The summed E-state index contributed by atoms with van der Waals surface area (Å²) in [5, 5.41) is 2.74. The fourth-order valence-electron chi connectivity index (χ4n) is 3.89. The molecule has 10 nitrogen and oxygen atoms in total. The second-order valence-electron chi connectivity index (χ2n) is 7.84. The van der Waals surface area contributed by atoms with Crippen molar-refractivity contribution >= 4 is 27.6 Å². The third kappa shape index (κ3) is 5.85. The minimum absolute atomic E-state index is 0.0161. The van der Waals surface area contributed by atoms with Gasteiger partial charge in [0, 0.05) is 25.2 Å². The summed E-state index contributed by atoms with van der Waals surface area (Å²) in [6.07, 6.45) is 1.02. The molecule has 1 aliphatic rings. The molecule has 0 unspecified atom stereocenters. The fourth-order valence-corrected chi connectivity index (χ4v) is 5.42. The molecule has 11 heteroatoms. The lowest BCUT2D eigenvalue weighted by Crippen LogP contribution is -2.43. The zero-order chi connectivity index (χ0) is 25.6. The predicted molar refractivity (Wildman–Crippen MR) is 129 cm³/mol. The lowest BCUT2D eigenvalue weighted by molar-refractivity contribution is -0.120. The summed E-state index contributed by atoms with van der Waals surface area (Å²) in [6.45, 7) is 2.65. The number of amides is 1. The predicted octanol–water partition coefficient (Wildman–Crippen LogP) is 2.93. The van der Waals surface area contributed by atoms with Crippen LogP contribution in [0.5, 0.6) is 17.2 Å². The van der Waals surface area contributed by atoms with Gasteiger partial charge in [-0.3, -0.25) is 4.79 Å². The van der Waals surface area contributed by atoms with Crippen molar-refractivity contribution in [3.05, 3.63) is 42.0 Å². The van der Waals surface area contributed by atoms with Gasteiger partial charge in [-0.25, -0.2) is 13.2 Å². The molecule has 0 spiro atoms. The second kappa shape index (κ2) is 11.4. The Balaban J connectivity index is 1.80. The second-order valence-corrected chi connectivity index (χ2v) is 9.78. The molecule has 1 fully saturated rings. The Bertz CT molecular complexity index is 1160. The van der Waals surface area contributed by atoms with Crippen molar-refractivity contribution in [2.45, 2.75) is 24.7 Å². The molecule has 35 heavy (non-hydrogen) atoms. The number of esters is 1. The van der Waals surface area contributed by atoms with Crippen LogP contribution in [0.1, 0.15) is 30.1 Å². The molecule has 1 amide bonds. The number of hydrogen-bond acceptors (Lipinski definition) is 8. The average molecular weight is 507 g/mol. The molecule has 2 aromatic carbocycles. The zero-order valence-corrected chi connectivity index (χ0v) is 21.0. The molecular formula is C24H30N2O8S. The van der Waals surface area contributed by atoms with Crippen molar-refractivity contribution in [2.24, 2.45) is 5.92 Å². The first kappa shape index (κ1) is 26.3. The molecule has 1 heterocycles.